The van der Waals surface area contributed by atoms with Crippen LogP contribution in [0.4, 0.5) is 0 Å². The summed E-state index contributed by atoms with van der Waals surface area (Å²) in [6, 6.07) is 20.2. The van der Waals surface area contributed by atoms with Gasteiger partial charge in [0.1, 0.15) is 17.2 Å². The van der Waals surface area contributed by atoms with Crippen LogP contribution in [-0.4, -0.2) is 15.3 Å². The van der Waals surface area contributed by atoms with Crippen molar-refractivity contribution in [3.8, 4) is 17.2 Å². The Balaban J connectivity index is 1.65. The summed E-state index contributed by atoms with van der Waals surface area (Å²) in [5, 5.41) is 29.2. The fourth-order valence-electron chi connectivity index (χ4n) is 2.99. The lowest BCUT2D eigenvalue weighted by atomic mass is 9.98. The van der Waals surface area contributed by atoms with Crippen molar-refractivity contribution in [2.45, 2.75) is 25.7 Å². The van der Waals surface area contributed by atoms with Crippen molar-refractivity contribution in [3.63, 3.8) is 0 Å². The molecule has 3 heteroatoms. The second kappa shape index (κ2) is 7.75. The Morgan fingerprint density at radius 1 is 0.520 bits per heavy atom. The highest BCUT2D eigenvalue weighted by Crippen LogP contribution is 2.23. The first-order valence-corrected chi connectivity index (χ1v) is 8.47. The van der Waals surface area contributed by atoms with Crippen LogP contribution < -0.4 is 0 Å². The second-order valence-electron chi connectivity index (χ2n) is 6.30. The molecular weight excluding hydrogens is 312 g/mol. The molecule has 0 aliphatic rings. The third-order valence-electron chi connectivity index (χ3n) is 4.35. The highest BCUT2D eigenvalue weighted by Gasteiger charge is 2.05. The van der Waals surface area contributed by atoms with E-state index in [4.69, 9.17) is 0 Å². The molecule has 0 atom stereocenters. The van der Waals surface area contributed by atoms with E-state index < -0.39 is 0 Å². The van der Waals surface area contributed by atoms with Gasteiger partial charge in [-0.05, 0) is 78.3 Å². The maximum atomic E-state index is 10.1. The van der Waals surface area contributed by atoms with Gasteiger partial charge in [-0.3, -0.25) is 0 Å². The minimum Gasteiger partial charge on any atom is -0.508 e. The Morgan fingerprint density at radius 2 is 1.04 bits per heavy atom. The van der Waals surface area contributed by atoms with E-state index in [0.717, 1.165) is 47.9 Å². The molecule has 3 aromatic rings. The highest BCUT2D eigenvalue weighted by molar-refractivity contribution is 5.38. The fraction of sp³-hybridized carbons (Fsp3) is 0.182. The SMILES string of the molecule is Oc1cccc(CCc2ccc(O)c(CCc3cccc(O)c3)c2)c1. The first kappa shape index (κ1) is 16.9. The smallest absolute Gasteiger partial charge is 0.118 e. The maximum Gasteiger partial charge on any atom is 0.118 e. The lowest BCUT2D eigenvalue weighted by Crippen LogP contribution is -1.96. The van der Waals surface area contributed by atoms with Gasteiger partial charge in [-0.2, -0.15) is 0 Å². The molecule has 25 heavy (non-hydrogen) atoms. The molecule has 3 aromatic carbocycles. The molecular formula is C22H22O3. The van der Waals surface area contributed by atoms with Gasteiger partial charge in [0.05, 0.1) is 0 Å². The Labute approximate surface area is 147 Å². The number of phenolic OH excluding ortho intramolecular Hbond substituents is 3. The van der Waals surface area contributed by atoms with Gasteiger partial charge >= 0.3 is 0 Å². The molecule has 0 heterocycles. The van der Waals surface area contributed by atoms with E-state index in [9.17, 15) is 15.3 Å². The quantitative estimate of drug-likeness (QED) is 0.627. The summed E-state index contributed by atoms with van der Waals surface area (Å²) in [6.07, 6.45) is 3.17. The second-order valence-corrected chi connectivity index (χ2v) is 6.30. The van der Waals surface area contributed by atoms with Crippen molar-refractivity contribution in [1.82, 2.24) is 0 Å². The normalized spacial score (nSPS) is 10.7. The van der Waals surface area contributed by atoms with Crippen LogP contribution in [0.25, 0.3) is 0 Å². The summed E-state index contributed by atoms with van der Waals surface area (Å²) in [4.78, 5) is 0. The number of benzene rings is 3. The number of aryl methyl sites for hydroxylation is 4. The minimum atomic E-state index is 0.265. The van der Waals surface area contributed by atoms with Gasteiger partial charge in [-0.15, -0.1) is 0 Å². The number of hydrogen-bond donors (Lipinski definition) is 3. The summed E-state index contributed by atoms with van der Waals surface area (Å²) < 4.78 is 0. The fourth-order valence-corrected chi connectivity index (χ4v) is 2.99. The van der Waals surface area contributed by atoms with Gasteiger partial charge in [-0.25, -0.2) is 0 Å². The van der Waals surface area contributed by atoms with Crippen molar-refractivity contribution < 1.29 is 15.3 Å². The molecule has 0 saturated heterocycles. The zero-order valence-electron chi connectivity index (χ0n) is 14.0. The van der Waals surface area contributed by atoms with E-state index in [0.29, 0.717) is 5.75 Å². The molecule has 0 radical (unpaired) electrons. The molecule has 128 valence electrons. The predicted octanol–water partition coefficient (Wildman–Crippen LogP) is 4.37. The lowest BCUT2D eigenvalue weighted by molar-refractivity contribution is 0.467. The van der Waals surface area contributed by atoms with Crippen LogP contribution in [0.2, 0.25) is 0 Å². The average molecular weight is 334 g/mol. The molecule has 0 aliphatic carbocycles. The molecule has 0 amide bonds. The first-order chi connectivity index (χ1) is 12.1. The van der Waals surface area contributed by atoms with E-state index in [1.165, 1.54) is 0 Å². The van der Waals surface area contributed by atoms with Crippen LogP contribution in [0.15, 0.2) is 66.7 Å². The monoisotopic (exact) mass is 334 g/mol. The summed E-state index contributed by atoms with van der Waals surface area (Å²) in [5.74, 6) is 0.859. The average Bonchev–Trinajstić information content (AvgIpc) is 2.60. The van der Waals surface area contributed by atoms with Crippen molar-refractivity contribution in [2.75, 3.05) is 0 Å². The predicted molar refractivity (Wildman–Crippen MR) is 99.1 cm³/mol. The van der Waals surface area contributed by atoms with Crippen LogP contribution in [0, 0.1) is 0 Å². The highest BCUT2D eigenvalue weighted by atomic mass is 16.3. The molecule has 0 bridgehead atoms. The summed E-state index contributed by atoms with van der Waals surface area (Å²) in [6.45, 7) is 0. The minimum absolute atomic E-state index is 0.265. The van der Waals surface area contributed by atoms with Gasteiger partial charge in [0.2, 0.25) is 0 Å². The Morgan fingerprint density at radius 3 is 1.60 bits per heavy atom. The zero-order valence-corrected chi connectivity index (χ0v) is 14.0. The largest absolute Gasteiger partial charge is 0.508 e. The van der Waals surface area contributed by atoms with Crippen molar-refractivity contribution in [2.24, 2.45) is 0 Å². The molecule has 0 unspecified atom stereocenters. The lowest BCUT2D eigenvalue weighted by Gasteiger charge is -2.09. The summed E-state index contributed by atoms with van der Waals surface area (Å²) in [7, 11) is 0. The third-order valence-corrected chi connectivity index (χ3v) is 4.35. The molecule has 0 fully saturated rings. The molecule has 0 saturated carbocycles. The van der Waals surface area contributed by atoms with Crippen LogP contribution in [-0.2, 0) is 25.7 Å². The number of hydrogen-bond acceptors (Lipinski definition) is 3. The van der Waals surface area contributed by atoms with Gasteiger partial charge in [0.15, 0.2) is 0 Å². The Kier molecular flexibility index (Phi) is 5.24. The molecule has 0 aromatic heterocycles. The van der Waals surface area contributed by atoms with Gasteiger partial charge in [0, 0.05) is 0 Å². The van der Waals surface area contributed by atoms with E-state index in [-0.39, 0.29) is 11.5 Å². The topological polar surface area (TPSA) is 60.7 Å². The molecule has 0 aliphatic heterocycles. The van der Waals surface area contributed by atoms with Crippen molar-refractivity contribution in [1.29, 1.82) is 0 Å². The van der Waals surface area contributed by atoms with Crippen molar-refractivity contribution in [3.05, 3.63) is 89.0 Å². The van der Waals surface area contributed by atoms with Crippen LogP contribution >= 0.6 is 0 Å². The van der Waals surface area contributed by atoms with E-state index >= 15 is 0 Å². The van der Waals surface area contributed by atoms with Gasteiger partial charge < -0.3 is 15.3 Å². The molecule has 3 rings (SSSR count). The van der Waals surface area contributed by atoms with Crippen molar-refractivity contribution >= 4 is 0 Å². The third kappa shape index (κ3) is 4.77. The van der Waals surface area contributed by atoms with Gasteiger partial charge in [0.25, 0.3) is 0 Å². The number of phenols is 3. The molecule has 0 spiro atoms. The maximum absolute atomic E-state index is 10.1. The Bertz CT molecular complexity index is 855. The molecule has 3 N–H and O–H groups in total. The number of aromatic hydroxyl groups is 3. The standard InChI is InChI=1S/C22H22O3/c23-20-5-1-3-16(14-20)7-8-18-10-12-22(25)19(13-18)11-9-17-4-2-6-21(24)15-17/h1-6,10,12-15,23-25H,7-9,11H2. The van der Waals surface area contributed by atoms with Crippen LogP contribution in [0.3, 0.4) is 0 Å². The first-order valence-electron chi connectivity index (χ1n) is 8.47. The zero-order chi connectivity index (χ0) is 17.6. The van der Waals surface area contributed by atoms with Crippen LogP contribution in [0.1, 0.15) is 22.3 Å². The van der Waals surface area contributed by atoms with E-state index in [1.54, 1.807) is 30.3 Å². The van der Waals surface area contributed by atoms with Gasteiger partial charge in [-0.1, -0.05) is 36.4 Å². The van der Waals surface area contributed by atoms with E-state index in [1.807, 2.05) is 36.4 Å². The number of rotatable bonds is 6. The summed E-state index contributed by atoms with van der Waals surface area (Å²) in [5.41, 5.74) is 4.21. The van der Waals surface area contributed by atoms with E-state index in [2.05, 4.69) is 0 Å². The summed E-state index contributed by atoms with van der Waals surface area (Å²) >= 11 is 0. The Hall–Kier alpha value is -2.94. The van der Waals surface area contributed by atoms with Crippen LogP contribution in [0.5, 0.6) is 17.2 Å². The molecule has 3 nitrogen and oxygen atoms in total.